The topological polar surface area (TPSA) is 62.9 Å². The zero-order valence-corrected chi connectivity index (χ0v) is 12.9. The Hall–Kier alpha value is -2.27. The maximum atomic E-state index is 11.5. The molecule has 0 radical (unpaired) electrons. The highest BCUT2D eigenvalue weighted by Gasteiger charge is 2.19. The Balaban J connectivity index is 2.23. The van der Waals surface area contributed by atoms with Crippen LogP contribution in [0.1, 0.15) is 29.7 Å². The zero-order chi connectivity index (χ0) is 15.9. The third-order valence-electron chi connectivity index (χ3n) is 3.59. The molecule has 1 N–H and O–H groups in total. The van der Waals surface area contributed by atoms with Gasteiger partial charge in [0.05, 0.1) is 26.3 Å². The van der Waals surface area contributed by atoms with Gasteiger partial charge >= 0.3 is 5.97 Å². The number of aliphatic hydroxyl groups excluding tert-OH is 1. The van der Waals surface area contributed by atoms with Gasteiger partial charge in [0.2, 0.25) is 5.76 Å². The molecule has 1 unspecified atom stereocenters. The van der Waals surface area contributed by atoms with Gasteiger partial charge in [-0.25, -0.2) is 4.79 Å². The predicted molar refractivity (Wildman–Crippen MR) is 83.8 cm³/mol. The maximum absolute atomic E-state index is 11.5. The molecule has 1 aromatic carbocycles. The van der Waals surface area contributed by atoms with Crippen molar-refractivity contribution in [1.82, 2.24) is 0 Å². The molecule has 118 valence electrons. The van der Waals surface area contributed by atoms with Crippen LogP contribution in [0.4, 0.5) is 5.69 Å². The molecule has 1 atom stereocenters. The number of rotatable bonds is 7. The zero-order valence-electron chi connectivity index (χ0n) is 12.9. The molecular formula is C17H21NO4. The smallest absolute Gasteiger partial charge is 0.373 e. The SMILES string of the molecule is CCC(CO)N(Cc1ccc(C(=O)OC)o1)c1ccccc1. The summed E-state index contributed by atoms with van der Waals surface area (Å²) < 4.78 is 10.2. The van der Waals surface area contributed by atoms with Crippen LogP contribution >= 0.6 is 0 Å². The highest BCUT2D eigenvalue weighted by molar-refractivity contribution is 5.86. The number of furan rings is 1. The van der Waals surface area contributed by atoms with Crippen molar-refractivity contribution in [3.63, 3.8) is 0 Å². The van der Waals surface area contributed by atoms with Crippen LogP contribution in [0.25, 0.3) is 0 Å². The molecule has 1 aromatic heterocycles. The molecule has 0 amide bonds. The second-order valence-corrected chi connectivity index (χ2v) is 4.97. The van der Waals surface area contributed by atoms with E-state index in [1.54, 1.807) is 12.1 Å². The summed E-state index contributed by atoms with van der Waals surface area (Å²) in [6.45, 7) is 2.55. The van der Waals surface area contributed by atoms with Crippen molar-refractivity contribution >= 4 is 11.7 Å². The number of hydrogen-bond acceptors (Lipinski definition) is 5. The van der Waals surface area contributed by atoms with Crippen molar-refractivity contribution in [2.45, 2.75) is 25.9 Å². The Labute approximate surface area is 130 Å². The Morgan fingerprint density at radius 3 is 2.59 bits per heavy atom. The van der Waals surface area contributed by atoms with Gasteiger partial charge in [0.1, 0.15) is 5.76 Å². The third-order valence-corrected chi connectivity index (χ3v) is 3.59. The van der Waals surface area contributed by atoms with E-state index in [-0.39, 0.29) is 18.4 Å². The highest BCUT2D eigenvalue weighted by atomic mass is 16.5. The van der Waals surface area contributed by atoms with E-state index in [1.807, 2.05) is 37.3 Å². The lowest BCUT2D eigenvalue weighted by Gasteiger charge is -2.31. The lowest BCUT2D eigenvalue weighted by atomic mass is 10.1. The Kier molecular flexibility index (Phi) is 5.61. The molecule has 0 aliphatic carbocycles. The summed E-state index contributed by atoms with van der Waals surface area (Å²) in [5.41, 5.74) is 0.999. The maximum Gasteiger partial charge on any atom is 0.373 e. The average Bonchev–Trinajstić information content (AvgIpc) is 3.03. The van der Waals surface area contributed by atoms with Crippen LogP contribution in [0.2, 0.25) is 0 Å². The second kappa shape index (κ2) is 7.66. The van der Waals surface area contributed by atoms with Gasteiger partial charge in [0.25, 0.3) is 0 Å². The van der Waals surface area contributed by atoms with Crippen LogP contribution in [0.15, 0.2) is 46.9 Å². The van der Waals surface area contributed by atoms with E-state index in [2.05, 4.69) is 9.64 Å². The van der Waals surface area contributed by atoms with E-state index in [0.717, 1.165) is 12.1 Å². The number of carbonyl (C=O) groups excluding carboxylic acids is 1. The number of benzene rings is 1. The number of para-hydroxylation sites is 1. The summed E-state index contributed by atoms with van der Waals surface area (Å²) in [6, 6.07) is 13.2. The van der Waals surface area contributed by atoms with Gasteiger partial charge in [-0.1, -0.05) is 25.1 Å². The summed E-state index contributed by atoms with van der Waals surface area (Å²) in [7, 11) is 1.32. The van der Waals surface area contributed by atoms with Gasteiger partial charge in [-0.05, 0) is 30.7 Å². The average molecular weight is 303 g/mol. The quantitative estimate of drug-likeness (QED) is 0.797. The monoisotopic (exact) mass is 303 g/mol. The Morgan fingerprint density at radius 2 is 2.00 bits per heavy atom. The van der Waals surface area contributed by atoms with Gasteiger partial charge in [-0.2, -0.15) is 0 Å². The second-order valence-electron chi connectivity index (χ2n) is 4.97. The normalized spacial score (nSPS) is 12.0. The van der Waals surface area contributed by atoms with Crippen molar-refractivity contribution in [3.05, 3.63) is 54.0 Å². The molecule has 0 bridgehead atoms. The van der Waals surface area contributed by atoms with Crippen molar-refractivity contribution in [1.29, 1.82) is 0 Å². The van der Waals surface area contributed by atoms with Gasteiger partial charge in [-0.3, -0.25) is 0 Å². The molecule has 22 heavy (non-hydrogen) atoms. The lowest BCUT2D eigenvalue weighted by molar-refractivity contribution is 0.0563. The first-order valence-electron chi connectivity index (χ1n) is 7.29. The van der Waals surface area contributed by atoms with Gasteiger partial charge in [-0.15, -0.1) is 0 Å². The highest BCUT2D eigenvalue weighted by Crippen LogP contribution is 2.22. The number of ether oxygens (including phenoxy) is 1. The molecule has 2 aromatic rings. The van der Waals surface area contributed by atoms with Crippen LogP contribution in [0.3, 0.4) is 0 Å². The predicted octanol–water partition coefficient (Wildman–Crippen LogP) is 2.84. The summed E-state index contributed by atoms with van der Waals surface area (Å²) in [5.74, 6) is 0.338. The minimum absolute atomic E-state index is 0.0194. The van der Waals surface area contributed by atoms with E-state index in [1.165, 1.54) is 7.11 Å². The van der Waals surface area contributed by atoms with E-state index < -0.39 is 5.97 Å². The van der Waals surface area contributed by atoms with Crippen molar-refractivity contribution in [2.75, 3.05) is 18.6 Å². The molecule has 0 saturated heterocycles. The van der Waals surface area contributed by atoms with Crippen LogP contribution in [0, 0.1) is 0 Å². The molecule has 0 aliphatic heterocycles. The molecule has 0 fully saturated rings. The van der Waals surface area contributed by atoms with Gasteiger partial charge < -0.3 is 19.2 Å². The summed E-state index contributed by atoms with van der Waals surface area (Å²) in [4.78, 5) is 13.5. The molecule has 0 saturated carbocycles. The summed E-state index contributed by atoms with van der Waals surface area (Å²) in [6.07, 6.45) is 0.802. The number of anilines is 1. The number of aliphatic hydroxyl groups is 1. The first-order valence-corrected chi connectivity index (χ1v) is 7.29. The minimum Gasteiger partial charge on any atom is -0.463 e. The van der Waals surface area contributed by atoms with Crippen LogP contribution in [-0.4, -0.2) is 30.8 Å². The summed E-state index contributed by atoms with van der Waals surface area (Å²) in [5, 5.41) is 9.62. The number of methoxy groups -OCH3 is 1. The number of nitrogens with zero attached hydrogens (tertiary/aromatic N) is 1. The third kappa shape index (κ3) is 3.68. The molecule has 0 spiro atoms. The standard InChI is InChI=1S/C17H21NO4/c1-3-13(12-19)18(14-7-5-4-6-8-14)11-15-9-10-16(22-15)17(20)21-2/h4-10,13,19H,3,11-12H2,1-2H3. The largest absolute Gasteiger partial charge is 0.463 e. The van der Waals surface area contributed by atoms with E-state index in [4.69, 9.17) is 4.42 Å². The van der Waals surface area contributed by atoms with Gasteiger partial charge in [0, 0.05) is 5.69 Å². The fraction of sp³-hybridized carbons (Fsp3) is 0.353. The lowest BCUT2D eigenvalue weighted by Crippen LogP contribution is -2.37. The molecule has 5 heteroatoms. The fourth-order valence-electron chi connectivity index (χ4n) is 2.34. The fourth-order valence-corrected chi connectivity index (χ4v) is 2.34. The molecule has 0 aliphatic rings. The minimum atomic E-state index is -0.494. The van der Waals surface area contributed by atoms with Crippen molar-refractivity contribution < 1.29 is 19.1 Å². The number of esters is 1. The van der Waals surface area contributed by atoms with E-state index >= 15 is 0 Å². The van der Waals surface area contributed by atoms with Crippen molar-refractivity contribution in [3.8, 4) is 0 Å². The van der Waals surface area contributed by atoms with Crippen LogP contribution in [-0.2, 0) is 11.3 Å². The molecular weight excluding hydrogens is 282 g/mol. The van der Waals surface area contributed by atoms with Crippen LogP contribution in [0.5, 0.6) is 0 Å². The Bertz CT molecular complexity index is 590. The first kappa shape index (κ1) is 16.1. The summed E-state index contributed by atoms with van der Waals surface area (Å²) >= 11 is 0. The first-order chi connectivity index (χ1) is 10.7. The van der Waals surface area contributed by atoms with E-state index in [0.29, 0.717) is 12.3 Å². The molecule has 5 nitrogen and oxygen atoms in total. The number of carbonyl (C=O) groups is 1. The molecule has 1 heterocycles. The Morgan fingerprint density at radius 1 is 1.27 bits per heavy atom. The van der Waals surface area contributed by atoms with Gasteiger partial charge in [0.15, 0.2) is 0 Å². The molecule has 2 rings (SSSR count). The van der Waals surface area contributed by atoms with E-state index in [9.17, 15) is 9.90 Å². The number of hydrogen-bond donors (Lipinski definition) is 1. The van der Waals surface area contributed by atoms with Crippen LogP contribution < -0.4 is 4.90 Å². The van der Waals surface area contributed by atoms with Crippen molar-refractivity contribution in [2.24, 2.45) is 0 Å².